The Hall–Kier alpha value is -2.81. The number of amides is 1. The standard InChI is InChI=1S/C19H23ClN4O8S2/c1-33(26,27)31-22-19(21)24(32-34(2,28)29)18(25)17-15(23-9-4-3-5-10-23)12-16(30-17)13-7-6-8-14(20)11-13/h6-8,11-12H,3-5,9-10H2,1-2H3,(H2,21,22). The number of nitrogens with two attached hydrogens (primary N) is 1. The Morgan fingerprint density at radius 3 is 2.38 bits per heavy atom. The van der Waals surface area contributed by atoms with Gasteiger partial charge >= 0.3 is 16.0 Å². The third kappa shape index (κ3) is 6.85. The molecule has 1 aliphatic rings. The number of halogens is 1. The number of piperidine rings is 1. The molecule has 2 heterocycles. The lowest BCUT2D eigenvalue weighted by Crippen LogP contribution is -2.44. The summed E-state index contributed by atoms with van der Waals surface area (Å²) in [5.74, 6) is -2.13. The van der Waals surface area contributed by atoms with Crippen molar-refractivity contribution in [2.24, 2.45) is 10.9 Å². The van der Waals surface area contributed by atoms with Crippen molar-refractivity contribution >= 4 is 49.4 Å². The van der Waals surface area contributed by atoms with Gasteiger partial charge in [0.25, 0.3) is 16.1 Å². The first kappa shape index (κ1) is 25.8. The first-order chi connectivity index (χ1) is 15.8. The second-order valence-corrected chi connectivity index (χ2v) is 11.0. The largest absolute Gasteiger partial charge is 0.449 e. The third-order valence-electron chi connectivity index (χ3n) is 4.58. The molecule has 0 saturated carbocycles. The highest BCUT2D eigenvalue weighted by Crippen LogP contribution is 2.35. The van der Waals surface area contributed by atoms with Gasteiger partial charge in [-0.1, -0.05) is 23.7 Å². The zero-order chi connectivity index (χ0) is 25.1. The number of carbonyl (C=O) groups is 1. The molecule has 0 spiro atoms. The normalized spacial score (nSPS) is 15.3. The van der Waals surface area contributed by atoms with Crippen LogP contribution in [0.2, 0.25) is 5.02 Å². The molecule has 34 heavy (non-hydrogen) atoms. The molecule has 15 heteroatoms. The van der Waals surface area contributed by atoms with Crippen LogP contribution in [0.15, 0.2) is 39.9 Å². The summed E-state index contributed by atoms with van der Waals surface area (Å²) in [7, 11) is -8.40. The number of nitrogens with zero attached hydrogens (tertiary/aromatic N) is 3. The van der Waals surface area contributed by atoms with Gasteiger partial charge in [-0.15, -0.1) is 9.35 Å². The Kier molecular flexibility index (Phi) is 7.75. The molecule has 1 fully saturated rings. The maximum atomic E-state index is 13.4. The number of hydrogen-bond acceptors (Lipinski definition) is 10. The van der Waals surface area contributed by atoms with E-state index >= 15 is 0 Å². The molecular weight excluding hydrogens is 512 g/mol. The van der Waals surface area contributed by atoms with E-state index in [0.717, 1.165) is 19.3 Å². The van der Waals surface area contributed by atoms with Crippen LogP contribution >= 0.6 is 11.6 Å². The first-order valence-corrected chi connectivity index (χ1v) is 14.0. The number of guanidine groups is 1. The number of anilines is 1. The Bertz CT molecular complexity index is 1300. The number of benzene rings is 1. The maximum Gasteiger partial charge on any atom is 0.325 e. The van der Waals surface area contributed by atoms with E-state index in [1.807, 2.05) is 4.90 Å². The van der Waals surface area contributed by atoms with Crippen molar-refractivity contribution < 1.29 is 34.6 Å². The van der Waals surface area contributed by atoms with Gasteiger partial charge in [-0.2, -0.15) is 16.8 Å². The highest BCUT2D eigenvalue weighted by Gasteiger charge is 2.33. The van der Waals surface area contributed by atoms with Crippen LogP contribution in [-0.2, 0) is 28.8 Å². The van der Waals surface area contributed by atoms with Crippen molar-refractivity contribution in [1.82, 2.24) is 5.06 Å². The predicted molar refractivity (Wildman–Crippen MR) is 125 cm³/mol. The van der Waals surface area contributed by atoms with Gasteiger partial charge in [0.2, 0.25) is 5.76 Å². The van der Waals surface area contributed by atoms with E-state index in [4.69, 9.17) is 21.8 Å². The minimum atomic E-state index is -4.30. The zero-order valence-electron chi connectivity index (χ0n) is 18.3. The lowest BCUT2D eigenvalue weighted by atomic mass is 10.1. The molecule has 0 bridgehead atoms. The molecule has 1 saturated heterocycles. The van der Waals surface area contributed by atoms with Crippen LogP contribution in [0.5, 0.6) is 0 Å². The van der Waals surface area contributed by atoms with Gasteiger partial charge in [0.15, 0.2) is 0 Å². The molecule has 1 aromatic heterocycles. The number of oxime groups is 1. The van der Waals surface area contributed by atoms with E-state index in [2.05, 4.69) is 13.7 Å². The Balaban J connectivity index is 2.09. The van der Waals surface area contributed by atoms with Crippen molar-refractivity contribution in [2.45, 2.75) is 19.3 Å². The maximum absolute atomic E-state index is 13.4. The summed E-state index contributed by atoms with van der Waals surface area (Å²) in [4.78, 5) is 15.3. The first-order valence-electron chi connectivity index (χ1n) is 9.95. The van der Waals surface area contributed by atoms with Crippen LogP contribution in [0, 0.1) is 0 Å². The molecule has 2 aromatic rings. The molecule has 1 aromatic carbocycles. The second-order valence-electron chi connectivity index (χ2n) is 7.49. The molecule has 186 valence electrons. The molecule has 3 rings (SSSR count). The molecule has 0 atom stereocenters. The SMILES string of the molecule is CS(=O)(=O)O/N=C(\N)N(OS(C)(=O)=O)C(=O)c1oc(-c2cccc(Cl)c2)cc1N1CCCCC1. The van der Waals surface area contributed by atoms with Crippen LogP contribution in [-0.4, -0.2) is 59.4 Å². The van der Waals surface area contributed by atoms with E-state index < -0.39 is 32.1 Å². The van der Waals surface area contributed by atoms with E-state index in [9.17, 15) is 21.6 Å². The van der Waals surface area contributed by atoms with Crippen molar-refractivity contribution in [3.05, 3.63) is 41.1 Å². The average Bonchev–Trinajstić information content (AvgIpc) is 3.20. The number of hydrogen-bond donors (Lipinski definition) is 1. The van der Waals surface area contributed by atoms with Gasteiger partial charge < -0.3 is 15.1 Å². The van der Waals surface area contributed by atoms with E-state index in [0.29, 0.717) is 41.9 Å². The molecule has 0 radical (unpaired) electrons. The monoisotopic (exact) mass is 534 g/mol. The van der Waals surface area contributed by atoms with E-state index in [1.165, 1.54) is 0 Å². The van der Waals surface area contributed by atoms with Gasteiger partial charge in [0.05, 0.1) is 18.2 Å². The van der Waals surface area contributed by atoms with Crippen LogP contribution in [0.25, 0.3) is 11.3 Å². The molecule has 1 aliphatic heterocycles. The minimum Gasteiger partial charge on any atom is -0.449 e. The summed E-state index contributed by atoms with van der Waals surface area (Å²) in [6.07, 6.45) is 4.13. The topological polar surface area (TPSA) is 162 Å². The summed E-state index contributed by atoms with van der Waals surface area (Å²) >= 11 is 6.08. The fraction of sp³-hybridized carbons (Fsp3) is 0.368. The molecule has 1 amide bonds. The Labute approximate surface area is 202 Å². The van der Waals surface area contributed by atoms with Crippen molar-refractivity contribution in [2.75, 3.05) is 30.5 Å². The quantitative estimate of drug-likeness (QED) is 0.316. The average molecular weight is 535 g/mol. The van der Waals surface area contributed by atoms with Crippen molar-refractivity contribution in [3.8, 4) is 11.3 Å². The molecule has 0 aliphatic carbocycles. The highest BCUT2D eigenvalue weighted by molar-refractivity contribution is 7.86. The van der Waals surface area contributed by atoms with Gasteiger partial charge in [-0.3, -0.25) is 9.08 Å². The Morgan fingerprint density at radius 1 is 1.12 bits per heavy atom. The fourth-order valence-electron chi connectivity index (χ4n) is 3.24. The van der Waals surface area contributed by atoms with Crippen LogP contribution < -0.4 is 10.6 Å². The minimum absolute atomic E-state index is 0.0918. The predicted octanol–water partition coefficient (Wildman–Crippen LogP) is 2.13. The van der Waals surface area contributed by atoms with Gasteiger partial charge in [0.1, 0.15) is 5.76 Å². The number of furan rings is 1. The molecular formula is C19H23ClN4O8S2. The molecule has 2 N–H and O–H groups in total. The smallest absolute Gasteiger partial charge is 0.325 e. The lowest BCUT2D eigenvalue weighted by Gasteiger charge is -2.28. The second kappa shape index (κ2) is 10.2. The lowest BCUT2D eigenvalue weighted by molar-refractivity contribution is 0.0163. The number of hydroxylamine groups is 2. The summed E-state index contributed by atoms with van der Waals surface area (Å²) in [5.41, 5.74) is 6.59. The summed E-state index contributed by atoms with van der Waals surface area (Å²) in [6.45, 7) is 1.25. The summed E-state index contributed by atoms with van der Waals surface area (Å²) in [5, 5.41) is 3.63. The van der Waals surface area contributed by atoms with Gasteiger partial charge in [-0.25, -0.2) is 0 Å². The Morgan fingerprint density at radius 2 is 1.79 bits per heavy atom. The van der Waals surface area contributed by atoms with E-state index in [1.54, 1.807) is 30.3 Å². The van der Waals surface area contributed by atoms with Crippen LogP contribution in [0.4, 0.5) is 5.69 Å². The number of rotatable bonds is 7. The number of carbonyl (C=O) groups excluding carboxylic acids is 1. The highest BCUT2D eigenvalue weighted by atomic mass is 35.5. The summed E-state index contributed by atoms with van der Waals surface area (Å²) in [6, 6.07) is 8.36. The fourth-order valence-corrected chi connectivity index (χ4v) is 4.05. The van der Waals surface area contributed by atoms with Crippen molar-refractivity contribution in [1.29, 1.82) is 0 Å². The van der Waals surface area contributed by atoms with Gasteiger partial charge in [0, 0.05) is 29.7 Å². The van der Waals surface area contributed by atoms with E-state index in [-0.39, 0.29) is 16.6 Å². The molecule has 12 nitrogen and oxygen atoms in total. The van der Waals surface area contributed by atoms with Crippen LogP contribution in [0.3, 0.4) is 0 Å². The van der Waals surface area contributed by atoms with Crippen molar-refractivity contribution in [3.63, 3.8) is 0 Å². The molecule has 0 unspecified atom stereocenters. The van der Waals surface area contributed by atoms with Crippen LogP contribution in [0.1, 0.15) is 29.8 Å². The zero-order valence-corrected chi connectivity index (χ0v) is 20.7. The third-order valence-corrected chi connectivity index (χ3v) is 5.58. The summed E-state index contributed by atoms with van der Waals surface area (Å²) < 4.78 is 60.8. The van der Waals surface area contributed by atoms with Gasteiger partial charge in [-0.05, 0) is 36.6 Å².